The lowest BCUT2D eigenvalue weighted by atomic mass is 10.3. The van der Waals surface area contributed by atoms with Crippen LogP contribution in [0.4, 0.5) is 0 Å². The van der Waals surface area contributed by atoms with Gasteiger partial charge in [0.25, 0.3) is 0 Å². The standard InChI is InChI=1S/C11H22N4O2/c1-13(2)5-4-12-10(16)11(17)15-8-6-14(3)7-9-15/h4-9H2,1-3H3,(H,12,16). The van der Waals surface area contributed by atoms with Gasteiger partial charge in [-0.05, 0) is 21.1 Å². The number of likely N-dealkylation sites (N-methyl/N-ethyl adjacent to an activating group) is 2. The highest BCUT2D eigenvalue weighted by atomic mass is 16.2. The molecule has 6 heteroatoms. The van der Waals surface area contributed by atoms with E-state index in [1.807, 2.05) is 26.0 Å². The summed E-state index contributed by atoms with van der Waals surface area (Å²) < 4.78 is 0. The largest absolute Gasteiger partial charge is 0.347 e. The Hall–Kier alpha value is -1.14. The first-order valence-electron chi connectivity index (χ1n) is 5.91. The van der Waals surface area contributed by atoms with Crippen molar-refractivity contribution < 1.29 is 9.59 Å². The van der Waals surface area contributed by atoms with Crippen molar-refractivity contribution in [3.05, 3.63) is 0 Å². The Kier molecular flexibility index (Phi) is 5.37. The maximum absolute atomic E-state index is 11.8. The second-order valence-corrected chi connectivity index (χ2v) is 4.65. The predicted molar refractivity (Wildman–Crippen MR) is 65.6 cm³/mol. The van der Waals surface area contributed by atoms with E-state index in [1.54, 1.807) is 4.90 Å². The minimum Gasteiger partial charge on any atom is -0.347 e. The van der Waals surface area contributed by atoms with Crippen LogP contribution in [-0.2, 0) is 9.59 Å². The summed E-state index contributed by atoms with van der Waals surface area (Å²) in [4.78, 5) is 29.1. The van der Waals surface area contributed by atoms with Crippen LogP contribution in [0.3, 0.4) is 0 Å². The summed E-state index contributed by atoms with van der Waals surface area (Å²) in [6.07, 6.45) is 0. The van der Waals surface area contributed by atoms with E-state index in [2.05, 4.69) is 10.2 Å². The Bertz CT molecular complexity index is 273. The van der Waals surface area contributed by atoms with Gasteiger partial charge in [-0.1, -0.05) is 0 Å². The molecule has 0 spiro atoms. The van der Waals surface area contributed by atoms with Gasteiger partial charge in [0.2, 0.25) is 0 Å². The van der Waals surface area contributed by atoms with Crippen molar-refractivity contribution >= 4 is 11.8 Å². The van der Waals surface area contributed by atoms with E-state index in [4.69, 9.17) is 0 Å². The number of rotatable bonds is 3. The zero-order chi connectivity index (χ0) is 12.8. The van der Waals surface area contributed by atoms with Crippen molar-refractivity contribution in [2.24, 2.45) is 0 Å². The van der Waals surface area contributed by atoms with Crippen LogP contribution in [0, 0.1) is 0 Å². The van der Waals surface area contributed by atoms with E-state index in [-0.39, 0.29) is 0 Å². The van der Waals surface area contributed by atoms with Crippen molar-refractivity contribution in [2.75, 3.05) is 60.4 Å². The summed E-state index contributed by atoms with van der Waals surface area (Å²) in [6, 6.07) is 0. The van der Waals surface area contributed by atoms with Gasteiger partial charge in [-0.25, -0.2) is 0 Å². The maximum Gasteiger partial charge on any atom is 0.311 e. The van der Waals surface area contributed by atoms with Gasteiger partial charge in [0, 0.05) is 39.3 Å². The van der Waals surface area contributed by atoms with Crippen molar-refractivity contribution in [3.8, 4) is 0 Å². The molecular weight excluding hydrogens is 220 g/mol. The van der Waals surface area contributed by atoms with Crippen molar-refractivity contribution in [2.45, 2.75) is 0 Å². The van der Waals surface area contributed by atoms with Crippen molar-refractivity contribution in [1.82, 2.24) is 20.0 Å². The predicted octanol–water partition coefficient (Wildman–Crippen LogP) is -1.56. The Morgan fingerprint density at radius 3 is 2.29 bits per heavy atom. The van der Waals surface area contributed by atoms with E-state index >= 15 is 0 Å². The molecule has 0 aromatic rings. The van der Waals surface area contributed by atoms with Crippen LogP contribution < -0.4 is 5.32 Å². The highest BCUT2D eigenvalue weighted by Gasteiger charge is 2.24. The van der Waals surface area contributed by atoms with Crippen LogP contribution in [0.15, 0.2) is 0 Å². The highest BCUT2D eigenvalue weighted by molar-refractivity contribution is 6.35. The Labute approximate surface area is 103 Å². The third-order valence-corrected chi connectivity index (χ3v) is 2.83. The molecule has 1 saturated heterocycles. The molecule has 0 bridgehead atoms. The quantitative estimate of drug-likeness (QED) is 0.608. The molecule has 1 aliphatic rings. The molecule has 0 atom stereocenters. The lowest BCUT2D eigenvalue weighted by molar-refractivity contribution is -0.146. The fraction of sp³-hybridized carbons (Fsp3) is 0.818. The molecule has 1 aliphatic heterocycles. The molecule has 1 heterocycles. The fourth-order valence-electron chi connectivity index (χ4n) is 1.62. The normalized spacial score (nSPS) is 17.3. The summed E-state index contributed by atoms with van der Waals surface area (Å²) in [5, 5.41) is 2.64. The maximum atomic E-state index is 11.8. The first-order chi connectivity index (χ1) is 8.00. The van der Waals surface area contributed by atoms with Crippen LogP contribution in [0.25, 0.3) is 0 Å². The van der Waals surface area contributed by atoms with Gasteiger partial charge in [0.1, 0.15) is 0 Å². The fourth-order valence-corrected chi connectivity index (χ4v) is 1.62. The molecule has 98 valence electrons. The number of piperazine rings is 1. The molecule has 0 unspecified atom stereocenters. The molecular formula is C11H22N4O2. The molecule has 0 aromatic heterocycles. The third-order valence-electron chi connectivity index (χ3n) is 2.83. The zero-order valence-electron chi connectivity index (χ0n) is 10.9. The Balaban J connectivity index is 2.29. The van der Waals surface area contributed by atoms with Gasteiger partial charge < -0.3 is 20.0 Å². The third kappa shape index (κ3) is 4.70. The first-order valence-corrected chi connectivity index (χ1v) is 5.91. The van der Waals surface area contributed by atoms with Gasteiger partial charge in [-0.3, -0.25) is 9.59 Å². The summed E-state index contributed by atoms with van der Waals surface area (Å²) in [7, 11) is 5.86. The first kappa shape index (κ1) is 13.9. The van der Waals surface area contributed by atoms with Crippen LogP contribution in [-0.4, -0.2) is 86.9 Å². The summed E-state index contributed by atoms with van der Waals surface area (Å²) in [5.41, 5.74) is 0. The molecule has 0 saturated carbocycles. The second kappa shape index (κ2) is 6.56. The van der Waals surface area contributed by atoms with Crippen LogP contribution in [0.5, 0.6) is 0 Å². The van der Waals surface area contributed by atoms with Gasteiger partial charge in [0.05, 0.1) is 0 Å². The second-order valence-electron chi connectivity index (χ2n) is 4.65. The lowest BCUT2D eigenvalue weighted by Crippen LogP contribution is -2.52. The van der Waals surface area contributed by atoms with Gasteiger partial charge >= 0.3 is 11.8 Å². The smallest absolute Gasteiger partial charge is 0.311 e. The minimum absolute atomic E-state index is 0.406. The van der Waals surface area contributed by atoms with Crippen LogP contribution in [0.2, 0.25) is 0 Å². The minimum atomic E-state index is -0.489. The summed E-state index contributed by atoms with van der Waals surface area (Å²) in [6.45, 7) is 4.17. The summed E-state index contributed by atoms with van der Waals surface area (Å²) in [5.74, 6) is -0.895. The lowest BCUT2D eigenvalue weighted by Gasteiger charge is -2.31. The molecule has 0 radical (unpaired) electrons. The molecule has 2 amide bonds. The van der Waals surface area contributed by atoms with Gasteiger partial charge in [0.15, 0.2) is 0 Å². The van der Waals surface area contributed by atoms with E-state index in [0.717, 1.165) is 19.6 Å². The molecule has 0 aromatic carbocycles. The van der Waals surface area contributed by atoms with E-state index in [0.29, 0.717) is 19.6 Å². The van der Waals surface area contributed by atoms with E-state index in [9.17, 15) is 9.59 Å². The molecule has 1 N–H and O–H groups in total. The van der Waals surface area contributed by atoms with Crippen LogP contribution >= 0.6 is 0 Å². The highest BCUT2D eigenvalue weighted by Crippen LogP contribution is 1.99. The average molecular weight is 242 g/mol. The van der Waals surface area contributed by atoms with E-state index in [1.165, 1.54) is 0 Å². The Morgan fingerprint density at radius 2 is 1.76 bits per heavy atom. The molecule has 0 aliphatic carbocycles. The van der Waals surface area contributed by atoms with Crippen LogP contribution in [0.1, 0.15) is 0 Å². The zero-order valence-corrected chi connectivity index (χ0v) is 10.9. The number of carbonyl (C=O) groups is 2. The van der Waals surface area contributed by atoms with Gasteiger partial charge in [-0.15, -0.1) is 0 Å². The molecule has 1 fully saturated rings. The molecule has 1 rings (SSSR count). The van der Waals surface area contributed by atoms with E-state index < -0.39 is 11.8 Å². The summed E-state index contributed by atoms with van der Waals surface area (Å²) >= 11 is 0. The number of hydrogen-bond donors (Lipinski definition) is 1. The number of hydrogen-bond acceptors (Lipinski definition) is 4. The van der Waals surface area contributed by atoms with Gasteiger partial charge in [-0.2, -0.15) is 0 Å². The van der Waals surface area contributed by atoms with Crippen molar-refractivity contribution in [1.29, 1.82) is 0 Å². The topological polar surface area (TPSA) is 55.9 Å². The Morgan fingerprint density at radius 1 is 1.18 bits per heavy atom. The molecule has 17 heavy (non-hydrogen) atoms. The molecule has 6 nitrogen and oxygen atoms in total. The average Bonchev–Trinajstić information content (AvgIpc) is 2.28. The number of amides is 2. The van der Waals surface area contributed by atoms with Crippen molar-refractivity contribution in [3.63, 3.8) is 0 Å². The number of carbonyl (C=O) groups excluding carboxylic acids is 2. The number of nitrogens with one attached hydrogen (secondary N) is 1. The number of nitrogens with zero attached hydrogens (tertiary/aromatic N) is 3. The SMILES string of the molecule is CN(C)CCNC(=O)C(=O)N1CCN(C)CC1. The monoisotopic (exact) mass is 242 g/mol.